The van der Waals surface area contributed by atoms with Gasteiger partial charge in [-0.2, -0.15) is 8.78 Å². The zero-order chi connectivity index (χ0) is 16.6. The summed E-state index contributed by atoms with van der Waals surface area (Å²) in [5, 5.41) is 0. The van der Waals surface area contributed by atoms with Crippen LogP contribution in [0.4, 0.5) is 8.78 Å². The van der Waals surface area contributed by atoms with Gasteiger partial charge in [-0.15, -0.1) is 0 Å². The van der Waals surface area contributed by atoms with Crippen molar-refractivity contribution in [3.8, 4) is 5.75 Å². The van der Waals surface area contributed by atoms with Crippen molar-refractivity contribution in [2.24, 2.45) is 5.73 Å². The smallest absolute Gasteiger partial charge is 0.387 e. The van der Waals surface area contributed by atoms with E-state index in [0.717, 1.165) is 21.5 Å². The third-order valence-electron chi connectivity index (χ3n) is 3.57. The minimum atomic E-state index is -2.90. The maximum Gasteiger partial charge on any atom is 0.387 e. The van der Waals surface area contributed by atoms with Gasteiger partial charge in [-0.3, -0.25) is 0 Å². The lowest BCUT2D eigenvalue weighted by Crippen LogP contribution is -2.17. The number of nitrogens with two attached hydrogens (primary N) is 1. The zero-order valence-electron chi connectivity index (χ0n) is 12.2. The number of pyridine rings is 1. The van der Waals surface area contributed by atoms with E-state index >= 15 is 0 Å². The number of imidazole rings is 1. The molecule has 3 aromatic rings. The van der Waals surface area contributed by atoms with E-state index in [-0.39, 0.29) is 5.75 Å². The summed E-state index contributed by atoms with van der Waals surface area (Å²) in [5.41, 5.74) is 9.04. The molecule has 1 aromatic carbocycles. The minimum Gasteiger partial charge on any atom is -0.434 e. The van der Waals surface area contributed by atoms with Gasteiger partial charge < -0.3 is 14.9 Å². The molecule has 0 radical (unpaired) electrons. The fraction of sp³-hybridized carbons (Fsp3) is 0.188. The molecule has 7 heteroatoms. The maximum atomic E-state index is 12.6. The molecule has 2 heterocycles. The van der Waals surface area contributed by atoms with Crippen LogP contribution in [0, 0.1) is 6.92 Å². The number of halogens is 3. The highest BCUT2D eigenvalue weighted by Crippen LogP contribution is 2.31. The van der Waals surface area contributed by atoms with Gasteiger partial charge in [0.05, 0.1) is 17.4 Å². The standard InChI is InChI=1S/C16H14BrF2N3O/c1-9-15(22-8-10(17)6-7-13(22)21-9)14(20)11-4-2-3-5-12(11)23-16(18)19/h2-8,14,16H,20H2,1H3. The van der Waals surface area contributed by atoms with Crippen molar-refractivity contribution in [3.63, 3.8) is 0 Å². The first-order chi connectivity index (χ1) is 11.0. The number of fused-ring (bicyclic) bond motifs is 1. The van der Waals surface area contributed by atoms with Gasteiger partial charge in [0.2, 0.25) is 0 Å². The van der Waals surface area contributed by atoms with Crippen LogP contribution < -0.4 is 10.5 Å². The van der Waals surface area contributed by atoms with Gasteiger partial charge in [0, 0.05) is 16.2 Å². The number of hydrogen-bond donors (Lipinski definition) is 1. The molecule has 1 atom stereocenters. The number of ether oxygens (including phenoxy) is 1. The van der Waals surface area contributed by atoms with Crippen LogP contribution >= 0.6 is 15.9 Å². The second-order valence-electron chi connectivity index (χ2n) is 5.05. The molecule has 23 heavy (non-hydrogen) atoms. The average molecular weight is 382 g/mol. The van der Waals surface area contributed by atoms with Crippen molar-refractivity contribution in [1.29, 1.82) is 0 Å². The number of alkyl halides is 2. The van der Waals surface area contributed by atoms with Crippen molar-refractivity contribution < 1.29 is 13.5 Å². The van der Waals surface area contributed by atoms with Crippen LogP contribution in [0.25, 0.3) is 5.65 Å². The number of para-hydroxylation sites is 1. The molecule has 2 aromatic heterocycles. The predicted molar refractivity (Wildman–Crippen MR) is 86.7 cm³/mol. The van der Waals surface area contributed by atoms with Crippen LogP contribution in [0.5, 0.6) is 5.75 Å². The summed E-state index contributed by atoms with van der Waals surface area (Å²) in [5.74, 6) is 0.0688. The van der Waals surface area contributed by atoms with Crippen molar-refractivity contribution in [3.05, 3.63) is 64.0 Å². The molecule has 4 nitrogen and oxygen atoms in total. The van der Waals surface area contributed by atoms with E-state index in [9.17, 15) is 8.78 Å². The molecule has 0 aliphatic heterocycles. The number of aryl methyl sites for hydroxylation is 1. The number of benzene rings is 1. The highest BCUT2D eigenvalue weighted by Gasteiger charge is 2.22. The number of aromatic nitrogens is 2. The zero-order valence-corrected chi connectivity index (χ0v) is 13.8. The summed E-state index contributed by atoms with van der Waals surface area (Å²) in [4.78, 5) is 4.46. The Morgan fingerprint density at radius 2 is 1.96 bits per heavy atom. The Morgan fingerprint density at radius 3 is 2.70 bits per heavy atom. The Labute approximate surface area is 140 Å². The summed E-state index contributed by atoms with van der Waals surface area (Å²) in [7, 11) is 0. The van der Waals surface area contributed by atoms with E-state index in [2.05, 4.69) is 25.7 Å². The molecule has 3 rings (SSSR count). The first-order valence-corrected chi connectivity index (χ1v) is 7.70. The van der Waals surface area contributed by atoms with Gasteiger partial charge in [-0.05, 0) is 41.1 Å². The molecule has 2 N–H and O–H groups in total. The molecular weight excluding hydrogens is 368 g/mol. The summed E-state index contributed by atoms with van der Waals surface area (Å²) in [6.45, 7) is -1.06. The Balaban J connectivity index is 2.13. The van der Waals surface area contributed by atoms with E-state index in [4.69, 9.17) is 5.73 Å². The van der Waals surface area contributed by atoms with Gasteiger partial charge in [0.1, 0.15) is 11.4 Å². The molecular formula is C16H14BrF2N3O. The normalized spacial score (nSPS) is 12.8. The van der Waals surface area contributed by atoms with Crippen LogP contribution in [-0.2, 0) is 0 Å². The SMILES string of the molecule is Cc1nc2ccc(Br)cn2c1C(N)c1ccccc1OC(F)F. The molecule has 0 fully saturated rings. The lowest BCUT2D eigenvalue weighted by atomic mass is 10.0. The van der Waals surface area contributed by atoms with Gasteiger partial charge in [0.25, 0.3) is 0 Å². The van der Waals surface area contributed by atoms with Crippen molar-refractivity contribution in [2.45, 2.75) is 19.6 Å². The summed E-state index contributed by atoms with van der Waals surface area (Å²) in [6, 6.07) is 9.62. The molecule has 0 saturated carbocycles. The minimum absolute atomic E-state index is 0.0688. The van der Waals surface area contributed by atoms with Crippen molar-refractivity contribution in [1.82, 2.24) is 9.38 Å². The lowest BCUT2D eigenvalue weighted by molar-refractivity contribution is -0.0505. The molecule has 1 unspecified atom stereocenters. The van der Waals surface area contributed by atoms with Crippen LogP contribution in [0.3, 0.4) is 0 Å². The topological polar surface area (TPSA) is 52.5 Å². The molecule has 0 bridgehead atoms. The molecule has 0 amide bonds. The van der Waals surface area contributed by atoms with E-state index in [1.54, 1.807) is 18.2 Å². The quantitative estimate of drug-likeness (QED) is 0.741. The first kappa shape index (κ1) is 15.9. The molecule has 0 aliphatic rings. The summed E-state index contributed by atoms with van der Waals surface area (Å²) in [6.07, 6.45) is 1.85. The van der Waals surface area contributed by atoms with E-state index in [0.29, 0.717) is 5.56 Å². The van der Waals surface area contributed by atoms with Crippen LogP contribution in [0.15, 0.2) is 47.1 Å². The largest absolute Gasteiger partial charge is 0.434 e. The van der Waals surface area contributed by atoms with E-state index < -0.39 is 12.7 Å². The highest BCUT2D eigenvalue weighted by atomic mass is 79.9. The van der Waals surface area contributed by atoms with Gasteiger partial charge in [-0.1, -0.05) is 18.2 Å². The summed E-state index contributed by atoms with van der Waals surface area (Å²) < 4.78 is 32.5. The molecule has 120 valence electrons. The number of rotatable bonds is 4. The average Bonchev–Trinajstić information content (AvgIpc) is 2.81. The Hall–Kier alpha value is -1.99. The number of nitrogens with zero attached hydrogens (tertiary/aromatic N) is 2. The van der Waals surface area contributed by atoms with Crippen LogP contribution in [0.1, 0.15) is 23.0 Å². The van der Waals surface area contributed by atoms with Crippen LogP contribution in [0.2, 0.25) is 0 Å². The van der Waals surface area contributed by atoms with E-state index in [1.807, 2.05) is 29.7 Å². The van der Waals surface area contributed by atoms with Crippen molar-refractivity contribution in [2.75, 3.05) is 0 Å². The highest BCUT2D eigenvalue weighted by molar-refractivity contribution is 9.10. The fourth-order valence-electron chi connectivity index (χ4n) is 2.62. The third-order valence-corrected chi connectivity index (χ3v) is 4.04. The van der Waals surface area contributed by atoms with Crippen LogP contribution in [-0.4, -0.2) is 16.0 Å². The second kappa shape index (κ2) is 6.25. The Morgan fingerprint density at radius 1 is 1.22 bits per heavy atom. The molecule has 0 saturated heterocycles. The summed E-state index contributed by atoms with van der Waals surface area (Å²) >= 11 is 3.42. The van der Waals surface area contributed by atoms with Gasteiger partial charge >= 0.3 is 6.61 Å². The van der Waals surface area contributed by atoms with Gasteiger partial charge in [0.15, 0.2) is 0 Å². The third kappa shape index (κ3) is 3.07. The van der Waals surface area contributed by atoms with E-state index in [1.165, 1.54) is 6.07 Å². The monoisotopic (exact) mass is 381 g/mol. The Bertz CT molecular complexity index is 850. The maximum absolute atomic E-state index is 12.6. The van der Waals surface area contributed by atoms with Crippen molar-refractivity contribution >= 4 is 21.6 Å². The second-order valence-corrected chi connectivity index (χ2v) is 5.97. The first-order valence-electron chi connectivity index (χ1n) is 6.91. The molecule has 0 aliphatic carbocycles. The Kier molecular flexibility index (Phi) is 4.32. The predicted octanol–water partition coefficient (Wildman–Crippen LogP) is 4.05. The number of hydrogen-bond acceptors (Lipinski definition) is 3. The molecule has 0 spiro atoms. The fourth-order valence-corrected chi connectivity index (χ4v) is 2.95. The lowest BCUT2D eigenvalue weighted by Gasteiger charge is -2.17. The van der Waals surface area contributed by atoms with Gasteiger partial charge in [-0.25, -0.2) is 4.98 Å².